The van der Waals surface area contributed by atoms with Gasteiger partial charge in [0.2, 0.25) is 0 Å². The third kappa shape index (κ3) is 2.83. The van der Waals surface area contributed by atoms with Crippen LogP contribution in [-0.2, 0) is 14.3 Å². The quantitative estimate of drug-likeness (QED) is 0.673. The van der Waals surface area contributed by atoms with Crippen molar-refractivity contribution in [3.63, 3.8) is 0 Å². The molecule has 0 bridgehead atoms. The van der Waals surface area contributed by atoms with Crippen LogP contribution in [-0.4, -0.2) is 37.1 Å². The molecule has 0 aliphatic heterocycles. The number of anilines is 1. The van der Waals surface area contributed by atoms with Crippen molar-refractivity contribution < 1.29 is 27.4 Å². The summed E-state index contributed by atoms with van der Waals surface area (Å²) in [4.78, 5) is 15.6. The zero-order chi connectivity index (χ0) is 16.5. The maximum absolute atomic E-state index is 13.3. The van der Waals surface area contributed by atoms with Crippen LogP contribution in [0.5, 0.6) is 0 Å². The lowest BCUT2D eigenvalue weighted by Gasteiger charge is -2.31. The smallest absolute Gasteiger partial charge is 0.448 e. The number of aromatic nitrogens is 1. The minimum atomic E-state index is -5.05. The molecule has 1 aromatic heterocycles. The Balaban J connectivity index is 2.47. The highest BCUT2D eigenvalue weighted by Gasteiger charge is 2.63. The average molecular weight is 355 g/mol. The lowest BCUT2D eigenvalue weighted by Crippen LogP contribution is -2.60. The molecule has 1 N–H and O–H groups in total. The molecule has 1 atom stereocenters. The van der Waals surface area contributed by atoms with Gasteiger partial charge in [-0.1, -0.05) is 22.9 Å². The molecule has 0 radical (unpaired) electrons. The second kappa shape index (κ2) is 5.90. The van der Waals surface area contributed by atoms with Crippen LogP contribution in [0.1, 0.15) is 0 Å². The van der Waals surface area contributed by atoms with Crippen LogP contribution < -0.4 is 5.32 Å². The highest BCUT2D eigenvalue weighted by Crippen LogP contribution is 2.37. The van der Waals surface area contributed by atoms with Gasteiger partial charge in [0.15, 0.2) is 5.13 Å². The Bertz CT molecular complexity index is 706. The third-order valence-corrected chi connectivity index (χ3v) is 3.98. The first-order valence-electron chi connectivity index (χ1n) is 5.78. The number of nitrogens with zero attached hydrogens (tertiary/aromatic N) is 1. The van der Waals surface area contributed by atoms with Crippen LogP contribution in [0, 0.1) is 0 Å². The molecular weight excluding hydrogens is 345 g/mol. The number of esters is 1. The van der Waals surface area contributed by atoms with E-state index in [1.165, 1.54) is 0 Å². The number of hydrogen-bond donors (Lipinski definition) is 1. The zero-order valence-corrected chi connectivity index (χ0v) is 12.9. The van der Waals surface area contributed by atoms with Gasteiger partial charge in [0.05, 0.1) is 17.3 Å². The molecule has 120 valence electrons. The minimum absolute atomic E-state index is 0.151. The molecule has 0 spiro atoms. The Kier molecular flexibility index (Phi) is 4.50. The Morgan fingerprint density at radius 3 is 2.59 bits per heavy atom. The van der Waals surface area contributed by atoms with Crippen LogP contribution in [0.15, 0.2) is 18.2 Å². The predicted molar refractivity (Wildman–Crippen MR) is 76.1 cm³/mol. The molecule has 0 fully saturated rings. The molecule has 0 aliphatic rings. The summed E-state index contributed by atoms with van der Waals surface area (Å²) in [6, 6.07) is 4.67. The van der Waals surface area contributed by atoms with E-state index < -0.39 is 17.9 Å². The topological polar surface area (TPSA) is 60.5 Å². The van der Waals surface area contributed by atoms with Crippen LogP contribution in [0.3, 0.4) is 0 Å². The summed E-state index contributed by atoms with van der Waals surface area (Å²) in [5, 5.41) is 2.25. The van der Waals surface area contributed by atoms with Gasteiger partial charge in [-0.15, -0.1) is 0 Å². The van der Waals surface area contributed by atoms with E-state index in [0.29, 0.717) is 15.2 Å². The number of methoxy groups -OCH3 is 2. The molecule has 10 heteroatoms. The molecule has 0 saturated heterocycles. The van der Waals surface area contributed by atoms with Crippen LogP contribution in [0.25, 0.3) is 10.2 Å². The van der Waals surface area contributed by atoms with Gasteiger partial charge in [-0.3, -0.25) is 0 Å². The summed E-state index contributed by atoms with van der Waals surface area (Å²) in [7, 11) is 1.59. The maximum Gasteiger partial charge on any atom is 0.448 e. The largest absolute Gasteiger partial charge is 0.465 e. The van der Waals surface area contributed by atoms with E-state index >= 15 is 0 Å². The van der Waals surface area contributed by atoms with Gasteiger partial charge in [-0.2, -0.15) is 13.2 Å². The Morgan fingerprint density at radius 1 is 1.36 bits per heavy atom. The Morgan fingerprint density at radius 2 is 2.05 bits per heavy atom. The van der Waals surface area contributed by atoms with E-state index in [9.17, 15) is 18.0 Å². The number of thiazole rings is 1. The average Bonchev–Trinajstić information content (AvgIpc) is 2.83. The van der Waals surface area contributed by atoms with Gasteiger partial charge in [0, 0.05) is 12.1 Å². The fraction of sp³-hybridized carbons (Fsp3) is 0.333. The highest BCUT2D eigenvalue weighted by molar-refractivity contribution is 7.22. The first-order chi connectivity index (χ1) is 10.2. The molecule has 1 heterocycles. The van der Waals surface area contributed by atoms with Crippen LogP contribution in [0.2, 0.25) is 5.02 Å². The number of fused-ring (bicyclic) bond motifs is 1. The fourth-order valence-electron chi connectivity index (χ4n) is 1.73. The Hall–Kier alpha value is -1.58. The van der Waals surface area contributed by atoms with Crippen LogP contribution >= 0.6 is 22.9 Å². The number of carbonyl (C=O) groups excluding carboxylic acids is 1. The van der Waals surface area contributed by atoms with Gasteiger partial charge >= 0.3 is 17.9 Å². The monoisotopic (exact) mass is 354 g/mol. The second-order valence-corrected chi connectivity index (χ2v) is 5.60. The summed E-state index contributed by atoms with van der Waals surface area (Å²) >= 11 is 6.72. The number of ether oxygens (including phenoxy) is 2. The van der Waals surface area contributed by atoms with E-state index in [2.05, 4.69) is 14.5 Å². The normalized spacial score (nSPS) is 14.6. The van der Waals surface area contributed by atoms with Gasteiger partial charge in [-0.05, 0) is 18.2 Å². The van der Waals surface area contributed by atoms with Crippen molar-refractivity contribution in [3.05, 3.63) is 23.2 Å². The zero-order valence-electron chi connectivity index (χ0n) is 11.3. The molecule has 2 aromatic rings. The van der Waals surface area contributed by atoms with E-state index in [1.54, 1.807) is 18.2 Å². The summed E-state index contributed by atoms with van der Waals surface area (Å²) in [5.74, 6) is -1.63. The molecule has 0 saturated carbocycles. The first-order valence-corrected chi connectivity index (χ1v) is 6.97. The summed E-state index contributed by atoms with van der Waals surface area (Å²) < 4.78 is 49.0. The fourth-order valence-corrected chi connectivity index (χ4v) is 2.92. The molecule has 22 heavy (non-hydrogen) atoms. The third-order valence-electron chi connectivity index (χ3n) is 2.81. The minimum Gasteiger partial charge on any atom is -0.465 e. The number of halogens is 4. The molecule has 2 rings (SSSR count). The number of nitrogens with one attached hydrogen (secondary N) is 1. The number of benzene rings is 1. The van der Waals surface area contributed by atoms with E-state index in [4.69, 9.17) is 11.6 Å². The number of alkyl halides is 3. The SMILES string of the molecule is COC(=O)[C@@](Nc1nc2ccc(Cl)cc2s1)(OC)C(F)(F)F. The first kappa shape index (κ1) is 16.8. The molecule has 0 aliphatic carbocycles. The van der Waals surface area contributed by atoms with Crippen molar-refractivity contribution in [1.29, 1.82) is 0 Å². The van der Waals surface area contributed by atoms with Crippen molar-refractivity contribution >= 4 is 44.3 Å². The number of rotatable bonds is 4. The summed E-state index contributed by atoms with van der Waals surface area (Å²) in [6.45, 7) is 0. The van der Waals surface area contributed by atoms with Gasteiger partial charge in [0.25, 0.3) is 0 Å². The maximum atomic E-state index is 13.3. The number of carbonyl (C=O) groups is 1. The van der Waals surface area contributed by atoms with Crippen molar-refractivity contribution in [1.82, 2.24) is 4.98 Å². The van der Waals surface area contributed by atoms with Crippen molar-refractivity contribution in [3.8, 4) is 0 Å². The van der Waals surface area contributed by atoms with Crippen LogP contribution in [0.4, 0.5) is 18.3 Å². The van der Waals surface area contributed by atoms with E-state index in [1.807, 2.05) is 5.32 Å². The van der Waals surface area contributed by atoms with Gasteiger partial charge < -0.3 is 14.8 Å². The molecular formula is C12H10ClF3N2O3S. The van der Waals surface area contributed by atoms with E-state index in [-0.39, 0.29) is 5.13 Å². The molecule has 0 unspecified atom stereocenters. The van der Waals surface area contributed by atoms with Gasteiger partial charge in [0.1, 0.15) is 0 Å². The van der Waals surface area contributed by atoms with Crippen molar-refractivity contribution in [2.75, 3.05) is 19.5 Å². The molecule has 5 nitrogen and oxygen atoms in total. The number of hydrogen-bond acceptors (Lipinski definition) is 6. The predicted octanol–water partition coefficient (Wildman–Crippen LogP) is 3.44. The van der Waals surface area contributed by atoms with E-state index in [0.717, 1.165) is 25.6 Å². The lowest BCUT2D eigenvalue weighted by molar-refractivity contribution is -0.259. The second-order valence-electron chi connectivity index (χ2n) is 4.13. The van der Waals surface area contributed by atoms with Gasteiger partial charge in [-0.25, -0.2) is 9.78 Å². The standard InChI is InChI=1S/C12H10ClF3N2O3S/c1-20-9(19)11(21-2,12(14,15)16)18-10-17-7-4-3-6(13)5-8(7)22-10/h3-5H,1-2H3,(H,17,18)/t11-/m1/s1. The lowest BCUT2D eigenvalue weighted by atomic mass is 10.2. The summed E-state index contributed by atoms with van der Waals surface area (Å²) in [6.07, 6.45) is -5.05. The van der Waals surface area contributed by atoms with Crippen molar-refractivity contribution in [2.45, 2.75) is 11.9 Å². The highest BCUT2D eigenvalue weighted by atomic mass is 35.5. The van der Waals surface area contributed by atoms with Crippen molar-refractivity contribution in [2.24, 2.45) is 0 Å². The summed E-state index contributed by atoms with van der Waals surface area (Å²) in [5.41, 5.74) is -2.90. The molecule has 1 aromatic carbocycles. The Labute approximate surface area is 132 Å². The molecule has 0 amide bonds.